The van der Waals surface area contributed by atoms with Crippen LogP contribution in [0, 0.1) is 3.57 Å². The zero-order valence-electron chi connectivity index (χ0n) is 10.9. The van der Waals surface area contributed by atoms with Crippen LogP contribution in [0.2, 0.25) is 0 Å². The maximum atomic E-state index is 5.40. The third kappa shape index (κ3) is 3.51. The van der Waals surface area contributed by atoms with Crippen LogP contribution in [0.5, 0.6) is 0 Å². The number of rotatable bonds is 6. The quantitative estimate of drug-likeness (QED) is 0.802. The van der Waals surface area contributed by atoms with E-state index in [1.54, 1.807) is 7.11 Å². The molecular formula is C12H20IN3O. The molecular weight excluding hydrogens is 329 g/mol. The second-order valence-corrected chi connectivity index (χ2v) is 4.90. The van der Waals surface area contributed by atoms with E-state index >= 15 is 0 Å². The van der Waals surface area contributed by atoms with Gasteiger partial charge in [-0.2, -0.15) is 0 Å². The number of aromatic nitrogens is 2. The van der Waals surface area contributed by atoms with Crippen molar-refractivity contribution in [2.45, 2.75) is 39.2 Å². The van der Waals surface area contributed by atoms with E-state index in [2.05, 4.69) is 51.7 Å². The Morgan fingerprint density at radius 3 is 2.53 bits per heavy atom. The highest BCUT2D eigenvalue weighted by Crippen LogP contribution is 2.24. The minimum atomic E-state index is -0.0188. The fourth-order valence-corrected chi connectivity index (χ4v) is 2.46. The summed E-state index contributed by atoms with van der Waals surface area (Å²) in [5.41, 5.74) is 1.11. The van der Waals surface area contributed by atoms with Crippen LogP contribution in [0.4, 0.5) is 5.82 Å². The highest BCUT2D eigenvalue weighted by molar-refractivity contribution is 14.1. The van der Waals surface area contributed by atoms with Crippen LogP contribution in [-0.4, -0.2) is 24.1 Å². The smallest absolute Gasteiger partial charge is 0.159 e. The van der Waals surface area contributed by atoms with E-state index in [4.69, 9.17) is 4.74 Å². The van der Waals surface area contributed by atoms with Crippen LogP contribution < -0.4 is 5.32 Å². The first-order valence-electron chi connectivity index (χ1n) is 5.94. The number of hydrogen-bond acceptors (Lipinski definition) is 4. The van der Waals surface area contributed by atoms with E-state index in [1.807, 2.05) is 7.05 Å². The average Bonchev–Trinajstić information content (AvgIpc) is 2.34. The van der Waals surface area contributed by atoms with Gasteiger partial charge in [0.25, 0.3) is 0 Å². The van der Waals surface area contributed by atoms with Crippen LogP contribution in [0.15, 0.2) is 0 Å². The molecule has 0 saturated heterocycles. The van der Waals surface area contributed by atoms with Crippen molar-refractivity contribution in [3.63, 3.8) is 0 Å². The van der Waals surface area contributed by atoms with Crippen LogP contribution in [0.25, 0.3) is 0 Å². The van der Waals surface area contributed by atoms with Gasteiger partial charge in [0, 0.05) is 14.2 Å². The Kier molecular flexibility index (Phi) is 6.11. The molecule has 1 N–H and O–H groups in total. The molecule has 1 unspecified atom stereocenters. The van der Waals surface area contributed by atoms with E-state index in [0.29, 0.717) is 0 Å². The summed E-state index contributed by atoms with van der Waals surface area (Å²) in [6, 6.07) is 0. The van der Waals surface area contributed by atoms with Crippen molar-refractivity contribution in [3.05, 3.63) is 15.1 Å². The molecule has 5 heteroatoms. The molecule has 1 heterocycles. The lowest BCUT2D eigenvalue weighted by molar-refractivity contribution is 0.0924. The van der Waals surface area contributed by atoms with E-state index in [1.165, 1.54) is 0 Å². The van der Waals surface area contributed by atoms with Gasteiger partial charge in [-0.1, -0.05) is 20.3 Å². The molecule has 0 aliphatic carbocycles. The zero-order valence-corrected chi connectivity index (χ0v) is 13.0. The minimum Gasteiger partial charge on any atom is -0.373 e. The summed E-state index contributed by atoms with van der Waals surface area (Å²) in [5.74, 6) is 1.68. The first-order chi connectivity index (χ1) is 8.17. The molecule has 17 heavy (non-hydrogen) atoms. The normalized spacial score (nSPS) is 12.5. The SMILES string of the molecule is CCCc1nc(C(CC)OC)nc(NC)c1I. The van der Waals surface area contributed by atoms with E-state index in [-0.39, 0.29) is 6.10 Å². The molecule has 0 aliphatic heterocycles. The maximum absolute atomic E-state index is 5.40. The lowest BCUT2D eigenvalue weighted by Gasteiger charge is -2.15. The molecule has 0 spiro atoms. The first-order valence-corrected chi connectivity index (χ1v) is 7.02. The Bertz CT molecular complexity index is 367. The molecule has 0 aromatic carbocycles. The molecule has 1 atom stereocenters. The van der Waals surface area contributed by atoms with Crippen LogP contribution >= 0.6 is 22.6 Å². The molecule has 0 fully saturated rings. The van der Waals surface area contributed by atoms with Gasteiger partial charge in [0.15, 0.2) is 5.82 Å². The van der Waals surface area contributed by atoms with Gasteiger partial charge in [-0.05, 0) is 35.4 Å². The van der Waals surface area contributed by atoms with Crippen LogP contribution in [-0.2, 0) is 11.2 Å². The van der Waals surface area contributed by atoms with Crippen LogP contribution in [0.3, 0.4) is 0 Å². The topological polar surface area (TPSA) is 47.0 Å². The highest BCUT2D eigenvalue weighted by Gasteiger charge is 2.16. The van der Waals surface area contributed by atoms with Crippen molar-refractivity contribution >= 4 is 28.4 Å². The van der Waals surface area contributed by atoms with Gasteiger partial charge in [-0.15, -0.1) is 0 Å². The predicted octanol–water partition coefficient (Wildman–Crippen LogP) is 3.17. The summed E-state index contributed by atoms with van der Waals surface area (Å²) in [6.45, 7) is 4.23. The Balaban J connectivity index is 3.18. The zero-order chi connectivity index (χ0) is 12.8. The predicted molar refractivity (Wildman–Crippen MR) is 78.3 cm³/mol. The van der Waals surface area contributed by atoms with Crippen molar-refractivity contribution in [1.29, 1.82) is 0 Å². The number of methoxy groups -OCH3 is 1. The number of halogens is 1. The second-order valence-electron chi connectivity index (χ2n) is 3.82. The summed E-state index contributed by atoms with van der Waals surface area (Å²) in [7, 11) is 3.59. The summed E-state index contributed by atoms with van der Waals surface area (Å²) in [4.78, 5) is 9.15. The second kappa shape index (κ2) is 7.10. The van der Waals surface area contributed by atoms with Gasteiger partial charge >= 0.3 is 0 Å². The number of nitrogens with zero attached hydrogens (tertiary/aromatic N) is 2. The summed E-state index contributed by atoms with van der Waals surface area (Å²) >= 11 is 2.30. The number of hydrogen-bond donors (Lipinski definition) is 1. The Morgan fingerprint density at radius 2 is 2.06 bits per heavy atom. The summed E-state index contributed by atoms with van der Waals surface area (Å²) in [5, 5.41) is 3.12. The Morgan fingerprint density at radius 1 is 1.35 bits per heavy atom. The van der Waals surface area contributed by atoms with Crippen molar-refractivity contribution in [3.8, 4) is 0 Å². The molecule has 4 nitrogen and oxygen atoms in total. The summed E-state index contributed by atoms with van der Waals surface area (Å²) < 4.78 is 6.52. The van der Waals surface area contributed by atoms with E-state index in [0.717, 1.165) is 40.2 Å². The van der Waals surface area contributed by atoms with Gasteiger partial charge in [0.1, 0.15) is 11.9 Å². The van der Waals surface area contributed by atoms with Crippen LogP contribution in [0.1, 0.15) is 44.3 Å². The molecule has 1 aromatic rings. The maximum Gasteiger partial charge on any atom is 0.159 e. The highest BCUT2D eigenvalue weighted by atomic mass is 127. The first kappa shape index (κ1) is 14.6. The number of anilines is 1. The summed E-state index contributed by atoms with van der Waals surface area (Å²) in [6.07, 6.45) is 2.92. The van der Waals surface area contributed by atoms with Crippen molar-refractivity contribution < 1.29 is 4.74 Å². The average molecular weight is 349 g/mol. The minimum absolute atomic E-state index is 0.0188. The molecule has 0 aliphatic rings. The third-order valence-corrected chi connectivity index (χ3v) is 3.74. The standard InChI is InChI=1S/C12H20IN3O/c1-5-7-8-10(13)12(14-3)16-11(15-8)9(6-2)17-4/h9H,5-7H2,1-4H3,(H,14,15,16). The molecule has 0 bridgehead atoms. The van der Waals surface area contributed by atoms with Gasteiger partial charge in [-0.25, -0.2) is 9.97 Å². The number of aryl methyl sites for hydroxylation is 1. The lowest BCUT2D eigenvalue weighted by atomic mass is 10.2. The molecule has 1 rings (SSSR count). The lowest BCUT2D eigenvalue weighted by Crippen LogP contribution is -2.12. The Hall–Kier alpha value is -0.430. The molecule has 1 aromatic heterocycles. The molecule has 0 saturated carbocycles. The van der Waals surface area contributed by atoms with Crippen molar-refractivity contribution in [2.75, 3.05) is 19.5 Å². The monoisotopic (exact) mass is 349 g/mol. The molecule has 0 radical (unpaired) electrons. The fraction of sp³-hybridized carbons (Fsp3) is 0.667. The number of ether oxygens (including phenoxy) is 1. The van der Waals surface area contributed by atoms with Gasteiger partial charge in [-0.3, -0.25) is 0 Å². The van der Waals surface area contributed by atoms with E-state index < -0.39 is 0 Å². The van der Waals surface area contributed by atoms with Gasteiger partial charge < -0.3 is 10.1 Å². The van der Waals surface area contributed by atoms with Crippen molar-refractivity contribution in [2.24, 2.45) is 0 Å². The molecule has 96 valence electrons. The largest absolute Gasteiger partial charge is 0.373 e. The third-order valence-electron chi connectivity index (χ3n) is 2.60. The van der Waals surface area contributed by atoms with E-state index in [9.17, 15) is 0 Å². The van der Waals surface area contributed by atoms with Gasteiger partial charge in [0.2, 0.25) is 0 Å². The number of nitrogens with one attached hydrogen (secondary N) is 1. The fourth-order valence-electron chi connectivity index (χ4n) is 1.68. The molecule has 0 amide bonds. The Labute approximate surface area is 117 Å². The van der Waals surface area contributed by atoms with Crippen molar-refractivity contribution in [1.82, 2.24) is 9.97 Å². The van der Waals surface area contributed by atoms with Gasteiger partial charge in [0.05, 0.1) is 9.26 Å².